The van der Waals surface area contributed by atoms with E-state index < -0.39 is 17.5 Å². The summed E-state index contributed by atoms with van der Waals surface area (Å²) in [7, 11) is 0. The van der Waals surface area contributed by atoms with Gasteiger partial charge in [0.1, 0.15) is 5.60 Å². The van der Waals surface area contributed by atoms with Crippen LogP contribution in [0.2, 0.25) is 0 Å². The summed E-state index contributed by atoms with van der Waals surface area (Å²) in [6, 6.07) is 0. The lowest BCUT2D eigenvalue weighted by Crippen LogP contribution is -2.30. The molecule has 0 aliphatic rings. The summed E-state index contributed by atoms with van der Waals surface area (Å²) in [4.78, 5) is 21.6. The van der Waals surface area contributed by atoms with Gasteiger partial charge in [0, 0.05) is 0 Å². The van der Waals surface area contributed by atoms with Gasteiger partial charge in [0.15, 0.2) is 0 Å². The summed E-state index contributed by atoms with van der Waals surface area (Å²) >= 11 is 0. The van der Waals surface area contributed by atoms with E-state index in [0.29, 0.717) is 0 Å². The van der Waals surface area contributed by atoms with Crippen molar-refractivity contribution in [2.45, 2.75) is 33.3 Å². The molecule has 0 aromatic heterocycles. The van der Waals surface area contributed by atoms with Gasteiger partial charge < -0.3 is 9.47 Å². The van der Waals surface area contributed by atoms with Gasteiger partial charge >= 0.3 is 11.9 Å². The largest absolute Gasteiger partial charge is 0.458 e. The fraction of sp³-hybridized carbons (Fsp3) is 0.750. The molecular weight excluding hydrogens is 160 g/mol. The van der Waals surface area contributed by atoms with Crippen LogP contribution in [0.15, 0.2) is 0 Å². The van der Waals surface area contributed by atoms with Gasteiger partial charge in [0.25, 0.3) is 0 Å². The molecule has 0 aromatic carbocycles. The van der Waals surface area contributed by atoms with Crippen molar-refractivity contribution in [2.24, 2.45) is 0 Å². The van der Waals surface area contributed by atoms with Crippen LogP contribution in [0.5, 0.6) is 0 Å². The van der Waals surface area contributed by atoms with Crippen molar-refractivity contribution < 1.29 is 19.1 Å². The fourth-order valence-corrected chi connectivity index (χ4v) is 0.510. The fourth-order valence-electron chi connectivity index (χ4n) is 0.510. The van der Waals surface area contributed by atoms with Crippen LogP contribution in [-0.2, 0) is 19.1 Å². The molecule has 4 nitrogen and oxygen atoms in total. The second kappa shape index (κ2) is 4.09. The highest BCUT2D eigenvalue weighted by Crippen LogP contribution is 2.07. The van der Waals surface area contributed by atoms with Gasteiger partial charge in [-0.05, 0) is 27.7 Å². The lowest BCUT2D eigenvalue weighted by molar-refractivity contribution is -0.174. The first-order chi connectivity index (χ1) is 5.37. The minimum atomic E-state index is -0.940. The highest BCUT2D eigenvalue weighted by molar-refractivity contribution is 6.29. The van der Waals surface area contributed by atoms with Gasteiger partial charge in [0.05, 0.1) is 6.61 Å². The maximum Gasteiger partial charge on any atom is 0.417 e. The van der Waals surface area contributed by atoms with Crippen LogP contribution < -0.4 is 0 Å². The van der Waals surface area contributed by atoms with Crippen LogP contribution in [0.3, 0.4) is 0 Å². The van der Waals surface area contributed by atoms with E-state index in [-0.39, 0.29) is 6.61 Å². The standard InChI is InChI=1S/C8H14O4/c1-5-11-6(9)7(10)12-8(2,3)4/h5H2,1-4H3. The number of carbonyl (C=O) groups excluding carboxylic acids is 2. The Hall–Kier alpha value is -1.06. The van der Waals surface area contributed by atoms with E-state index >= 15 is 0 Å². The molecule has 0 aliphatic carbocycles. The predicted molar refractivity (Wildman–Crippen MR) is 42.5 cm³/mol. The maximum atomic E-state index is 10.9. The molecule has 0 rings (SSSR count). The molecule has 0 atom stereocenters. The molecule has 0 radical (unpaired) electrons. The molecule has 0 N–H and O–H groups in total. The zero-order valence-corrected chi connectivity index (χ0v) is 7.84. The van der Waals surface area contributed by atoms with E-state index in [1.54, 1.807) is 27.7 Å². The van der Waals surface area contributed by atoms with Crippen LogP contribution in [0.4, 0.5) is 0 Å². The van der Waals surface area contributed by atoms with Crippen molar-refractivity contribution in [1.29, 1.82) is 0 Å². The van der Waals surface area contributed by atoms with E-state index in [1.807, 2.05) is 0 Å². The molecule has 0 aromatic rings. The van der Waals surface area contributed by atoms with Crippen molar-refractivity contribution in [3.05, 3.63) is 0 Å². The lowest BCUT2D eigenvalue weighted by Gasteiger charge is -2.18. The van der Waals surface area contributed by atoms with Crippen molar-refractivity contribution in [2.75, 3.05) is 6.61 Å². The minimum absolute atomic E-state index is 0.179. The Labute approximate surface area is 71.8 Å². The molecule has 0 unspecified atom stereocenters. The molecule has 0 aliphatic heterocycles. The van der Waals surface area contributed by atoms with E-state index in [0.717, 1.165) is 0 Å². The second-order valence-electron chi connectivity index (χ2n) is 3.22. The third kappa shape index (κ3) is 4.71. The quantitative estimate of drug-likeness (QED) is 0.437. The maximum absolute atomic E-state index is 10.9. The molecule has 0 bridgehead atoms. The van der Waals surface area contributed by atoms with Crippen LogP contribution >= 0.6 is 0 Å². The summed E-state index contributed by atoms with van der Waals surface area (Å²) in [5.74, 6) is -1.88. The number of hydrogen-bond donors (Lipinski definition) is 0. The summed E-state index contributed by atoms with van der Waals surface area (Å²) in [5.41, 5.74) is -0.649. The molecule has 0 saturated heterocycles. The van der Waals surface area contributed by atoms with Gasteiger partial charge in [-0.3, -0.25) is 0 Å². The van der Waals surface area contributed by atoms with E-state index in [4.69, 9.17) is 4.74 Å². The van der Waals surface area contributed by atoms with E-state index in [9.17, 15) is 9.59 Å². The lowest BCUT2D eigenvalue weighted by atomic mass is 10.2. The number of carbonyl (C=O) groups is 2. The van der Waals surface area contributed by atoms with E-state index in [1.165, 1.54) is 0 Å². The van der Waals surface area contributed by atoms with Gasteiger partial charge in [-0.25, -0.2) is 9.59 Å². The molecule has 0 spiro atoms. The first kappa shape index (κ1) is 10.9. The Morgan fingerprint density at radius 2 is 1.67 bits per heavy atom. The van der Waals surface area contributed by atoms with Crippen LogP contribution in [0, 0.1) is 0 Å². The molecule has 0 fully saturated rings. The van der Waals surface area contributed by atoms with Crippen molar-refractivity contribution in [3.8, 4) is 0 Å². The molecule has 12 heavy (non-hydrogen) atoms. The molecule has 0 heterocycles. The zero-order chi connectivity index (χ0) is 9.78. The van der Waals surface area contributed by atoms with Gasteiger partial charge in [-0.1, -0.05) is 0 Å². The second-order valence-corrected chi connectivity index (χ2v) is 3.22. The Balaban J connectivity index is 3.97. The van der Waals surface area contributed by atoms with Gasteiger partial charge in [0.2, 0.25) is 0 Å². The average molecular weight is 174 g/mol. The number of hydrogen-bond acceptors (Lipinski definition) is 4. The highest BCUT2D eigenvalue weighted by Gasteiger charge is 2.23. The Morgan fingerprint density at radius 1 is 1.17 bits per heavy atom. The first-order valence-electron chi connectivity index (χ1n) is 3.77. The predicted octanol–water partition coefficient (Wildman–Crippen LogP) is 0.891. The first-order valence-corrected chi connectivity index (χ1v) is 3.77. The van der Waals surface area contributed by atoms with Gasteiger partial charge in [-0.2, -0.15) is 0 Å². The highest BCUT2D eigenvalue weighted by atomic mass is 16.6. The van der Waals surface area contributed by atoms with Crippen molar-refractivity contribution in [1.82, 2.24) is 0 Å². The van der Waals surface area contributed by atoms with Gasteiger partial charge in [-0.15, -0.1) is 0 Å². The summed E-state index contributed by atoms with van der Waals surface area (Å²) in [6.45, 7) is 6.86. The number of esters is 2. The molecule has 4 heteroatoms. The molecule has 0 saturated carbocycles. The summed E-state index contributed by atoms with van der Waals surface area (Å²) in [5, 5.41) is 0. The van der Waals surface area contributed by atoms with Crippen LogP contribution in [-0.4, -0.2) is 24.1 Å². The molecule has 70 valence electrons. The molecular formula is C8H14O4. The SMILES string of the molecule is CCOC(=O)C(=O)OC(C)(C)C. The zero-order valence-electron chi connectivity index (χ0n) is 7.84. The van der Waals surface area contributed by atoms with Crippen LogP contribution in [0.1, 0.15) is 27.7 Å². The summed E-state index contributed by atoms with van der Waals surface area (Å²) in [6.07, 6.45) is 0. The summed E-state index contributed by atoms with van der Waals surface area (Å²) < 4.78 is 9.17. The van der Waals surface area contributed by atoms with E-state index in [2.05, 4.69) is 4.74 Å². The minimum Gasteiger partial charge on any atom is -0.458 e. The molecule has 0 amide bonds. The van der Waals surface area contributed by atoms with Crippen molar-refractivity contribution in [3.63, 3.8) is 0 Å². The van der Waals surface area contributed by atoms with Crippen molar-refractivity contribution >= 4 is 11.9 Å². The average Bonchev–Trinajstić information content (AvgIpc) is 1.84. The normalized spacial score (nSPS) is 10.7. The third-order valence-electron chi connectivity index (χ3n) is 0.841. The Kier molecular flexibility index (Phi) is 3.73. The topological polar surface area (TPSA) is 52.6 Å². The number of rotatable bonds is 1. The Morgan fingerprint density at radius 3 is 2.00 bits per heavy atom. The number of ether oxygens (including phenoxy) is 2. The third-order valence-corrected chi connectivity index (χ3v) is 0.841. The monoisotopic (exact) mass is 174 g/mol. The van der Waals surface area contributed by atoms with Crippen LogP contribution in [0.25, 0.3) is 0 Å². The Bertz CT molecular complexity index is 178. The smallest absolute Gasteiger partial charge is 0.417 e.